The van der Waals surface area contributed by atoms with Crippen LogP contribution >= 0.6 is 0 Å². The van der Waals surface area contributed by atoms with Crippen LogP contribution in [0.2, 0.25) is 0 Å². The number of halogens is 3. The van der Waals surface area contributed by atoms with Crippen LogP contribution in [-0.2, 0) is 10.0 Å². The summed E-state index contributed by atoms with van der Waals surface area (Å²) in [5, 5.41) is 0. The molecule has 0 aliphatic rings. The van der Waals surface area contributed by atoms with E-state index >= 15 is 0 Å². The third kappa shape index (κ3) is 7.58. The molecule has 0 aliphatic carbocycles. The van der Waals surface area contributed by atoms with Gasteiger partial charge in [-0.2, -0.15) is 13.2 Å². The first-order valence-corrected chi connectivity index (χ1v) is 7.73. The largest absolute Gasteiger partial charge is 0.389 e. The Morgan fingerprint density at radius 2 is 1.81 bits per heavy atom. The van der Waals surface area contributed by atoms with Crippen LogP contribution < -0.4 is 10.5 Å². The molecule has 0 aromatic heterocycles. The lowest BCUT2D eigenvalue weighted by atomic mass is 10.2. The van der Waals surface area contributed by atoms with E-state index in [1.807, 2.05) is 0 Å². The van der Waals surface area contributed by atoms with Crippen molar-refractivity contribution in [3.05, 3.63) is 29.8 Å². The average Bonchev–Trinajstić information content (AvgIpc) is 2.35. The lowest BCUT2D eigenvalue weighted by molar-refractivity contribution is -0.134. The molecule has 1 aromatic rings. The molecule has 1 aromatic carbocycles. The molecular weight excluding hydrogens is 305 g/mol. The van der Waals surface area contributed by atoms with Crippen molar-refractivity contribution in [3.8, 4) is 11.8 Å². The first-order chi connectivity index (χ1) is 9.72. The predicted octanol–water partition coefficient (Wildman–Crippen LogP) is 2.08. The van der Waals surface area contributed by atoms with Crippen molar-refractivity contribution in [3.63, 3.8) is 0 Å². The minimum absolute atomic E-state index is 0.216. The second-order valence-electron chi connectivity index (χ2n) is 4.22. The lowest BCUT2D eigenvalue weighted by Crippen LogP contribution is -2.18. The van der Waals surface area contributed by atoms with Gasteiger partial charge in [0.05, 0.1) is 12.3 Å². The maximum atomic E-state index is 12.0. The lowest BCUT2D eigenvalue weighted by Gasteiger charge is -2.09. The van der Waals surface area contributed by atoms with Crippen molar-refractivity contribution in [2.75, 3.05) is 17.0 Å². The van der Waals surface area contributed by atoms with Crippen molar-refractivity contribution in [2.45, 2.75) is 19.0 Å². The van der Waals surface area contributed by atoms with Crippen LogP contribution in [0.3, 0.4) is 0 Å². The fourth-order valence-electron chi connectivity index (χ4n) is 1.47. The van der Waals surface area contributed by atoms with E-state index < -0.39 is 34.8 Å². The number of hydrogen-bond donors (Lipinski definition) is 2. The second kappa shape index (κ2) is 7.33. The van der Waals surface area contributed by atoms with Crippen molar-refractivity contribution < 1.29 is 21.6 Å². The Kier molecular flexibility index (Phi) is 6.05. The summed E-state index contributed by atoms with van der Waals surface area (Å²) in [6.07, 6.45) is -5.95. The van der Waals surface area contributed by atoms with E-state index in [1.54, 1.807) is 12.1 Å². The smallest absolute Gasteiger partial charge is 0.320 e. The minimum atomic E-state index is -4.35. The summed E-state index contributed by atoms with van der Waals surface area (Å²) >= 11 is 0. The molecule has 0 saturated heterocycles. The molecule has 0 unspecified atom stereocenters. The molecule has 0 aliphatic heterocycles. The molecule has 0 radical (unpaired) electrons. The van der Waals surface area contributed by atoms with E-state index in [0.717, 1.165) is 0 Å². The Bertz CT molecular complexity index is 614. The van der Waals surface area contributed by atoms with Gasteiger partial charge in [-0.1, -0.05) is 11.8 Å². The van der Waals surface area contributed by atoms with Crippen molar-refractivity contribution >= 4 is 15.7 Å². The van der Waals surface area contributed by atoms with Gasteiger partial charge in [-0.05, 0) is 30.7 Å². The zero-order chi connectivity index (χ0) is 15.9. The SMILES string of the molecule is NCC#Cc1ccc(NS(=O)(=O)CCCC(F)(F)F)cc1. The number of anilines is 1. The molecular formula is C13H15F3N2O2S. The van der Waals surface area contributed by atoms with E-state index in [0.29, 0.717) is 5.56 Å². The summed E-state index contributed by atoms with van der Waals surface area (Å²) in [7, 11) is -3.79. The summed E-state index contributed by atoms with van der Waals surface area (Å²) in [5.41, 5.74) is 6.17. The Balaban J connectivity index is 2.59. The molecule has 0 bridgehead atoms. The Morgan fingerprint density at radius 3 is 2.33 bits per heavy atom. The van der Waals surface area contributed by atoms with Crippen LogP contribution in [0, 0.1) is 11.8 Å². The minimum Gasteiger partial charge on any atom is -0.320 e. The van der Waals surface area contributed by atoms with Gasteiger partial charge in [0.1, 0.15) is 0 Å². The van der Waals surface area contributed by atoms with Crippen LogP contribution in [0.1, 0.15) is 18.4 Å². The fraction of sp³-hybridized carbons (Fsp3) is 0.385. The van der Waals surface area contributed by atoms with Gasteiger partial charge in [0.2, 0.25) is 10.0 Å². The molecule has 4 nitrogen and oxygen atoms in total. The van der Waals surface area contributed by atoms with E-state index in [-0.39, 0.29) is 12.2 Å². The summed E-state index contributed by atoms with van der Waals surface area (Å²) in [5.74, 6) is 4.83. The molecule has 21 heavy (non-hydrogen) atoms. The second-order valence-corrected chi connectivity index (χ2v) is 6.06. The number of alkyl halides is 3. The molecule has 1 rings (SSSR count). The summed E-state index contributed by atoms with van der Waals surface area (Å²) in [6, 6.07) is 6.16. The van der Waals surface area contributed by atoms with Gasteiger partial charge in [-0.15, -0.1) is 0 Å². The third-order valence-corrected chi connectivity index (χ3v) is 3.74. The molecule has 0 fully saturated rings. The number of sulfonamides is 1. The fourth-order valence-corrected chi connectivity index (χ4v) is 2.59. The Hall–Kier alpha value is -1.72. The number of nitrogens with two attached hydrogens (primary N) is 1. The molecule has 0 atom stereocenters. The van der Waals surface area contributed by atoms with Crippen molar-refractivity contribution in [1.29, 1.82) is 0 Å². The van der Waals surface area contributed by atoms with E-state index in [2.05, 4.69) is 16.6 Å². The summed E-state index contributed by atoms with van der Waals surface area (Å²) < 4.78 is 61.4. The quantitative estimate of drug-likeness (QED) is 0.816. The van der Waals surface area contributed by atoms with Gasteiger partial charge in [0.15, 0.2) is 0 Å². The zero-order valence-corrected chi connectivity index (χ0v) is 11.9. The van der Waals surface area contributed by atoms with Crippen LogP contribution in [0.25, 0.3) is 0 Å². The van der Waals surface area contributed by atoms with Crippen LogP contribution in [-0.4, -0.2) is 26.9 Å². The number of benzene rings is 1. The molecule has 0 amide bonds. The van der Waals surface area contributed by atoms with Crippen LogP contribution in [0.5, 0.6) is 0 Å². The van der Waals surface area contributed by atoms with Gasteiger partial charge in [-0.25, -0.2) is 8.42 Å². The number of nitrogens with one attached hydrogen (secondary N) is 1. The van der Waals surface area contributed by atoms with E-state index in [9.17, 15) is 21.6 Å². The third-order valence-electron chi connectivity index (χ3n) is 2.37. The highest BCUT2D eigenvalue weighted by Gasteiger charge is 2.27. The maximum absolute atomic E-state index is 12.0. The van der Waals surface area contributed by atoms with E-state index in [4.69, 9.17) is 5.73 Å². The highest BCUT2D eigenvalue weighted by Crippen LogP contribution is 2.22. The molecule has 0 saturated carbocycles. The maximum Gasteiger partial charge on any atom is 0.389 e. The van der Waals surface area contributed by atoms with Gasteiger partial charge in [0.25, 0.3) is 0 Å². The van der Waals surface area contributed by atoms with Crippen LogP contribution in [0.4, 0.5) is 18.9 Å². The molecule has 116 valence electrons. The first kappa shape index (κ1) is 17.3. The first-order valence-electron chi connectivity index (χ1n) is 6.08. The Labute approximate surface area is 121 Å². The number of hydrogen-bond acceptors (Lipinski definition) is 3. The number of rotatable bonds is 5. The summed E-state index contributed by atoms with van der Waals surface area (Å²) in [4.78, 5) is 0. The molecule has 3 N–H and O–H groups in total. The monoisotopic (exact) mass is 320 g/mol. The molecule has 8 heteroatoms. The highest BCUT2D eigenvalue weighted by molar-refractivity contribution is 7.92. The van der Waals surface area contributed by atoms with Crippen LogP contribution in [0.15, 0.2) is 24.3 Å². The van der Waals surface area contributed by atoms with Gasteiger partial charge < -0.3 is 5.73 Å². The molecule has 0 spiro atoms. The van der Waals surface area contributed by atoms with Gasteiger partial charge in [0, 0.05) is 17.7 Å². The topological polar surface area (TPSA) is 72.2 Å². The van der Waals surface area contributed by atoms with E-state index in [1.165, 1.54) is 12.1 Å². The average molecular weight is 320 g/mol. The summed E-state index contributed by atoms with van der Waals surface area (Å²) in [6.45, 7) is 0.216. The Morgan fingerprint density at radius 1 is 1.19 bits per heavy atom. The zero-order valence-electron chi connectivity index (χ0n) is 11.1. The predicted molar refractivity (Wildman–Crippen MR) is 75.1 cm³/mol. The van der Waals surface area contributed by atoms with Gasteiger partial charge in [-0.3, -0.25) is 4.72 Å². The van der Waals surface area contributed by atoms with Crippen molar-refractivity contribution in [1.82, 2.24) is 0 Å². The van der Waals surface area contributed by atoms with Gasteiger partial charge >= 0.3 is 6.18 Å². The standard InChI is InChI=1S/C13H15F3N2O2S/c14-13(15,16)8-2-10-21(19,20)18-12-6-4-11(5-7-12)3-1-9-17/h4-7,18H,2,8-10,17H2. The van der Waals surface area contributed by atoms with Crippen molar-refractivity contribution in [2.24, 2.45) is 5.73 Å². The molecule has 0 heterocycles. The normalized spacial score (nSPS) is 11.6. The highest BCUT2D eigenvalue weighted by atomic mass is 32.2.